The van der Waals surface area contributed by atoms with Crippen LogP contribution >= 0.6 is 0 Å². The number of carbonyl (C=O) groups is 1. The Bertz CT molecular complexity index is 936. The highest BCUT2D eigenvalue weighted by Gasteiger charge is 2.36. The van der Waals surface area contributed by atoms with Crippen LogP contribution in [-0.2, 0) is 17.9 Å². The number of amides is 1. The van der Waals surface area contributed by atoms with Gasteiger partial charge in [0.1, 0.15) is 0 Å². The molecule has 7 heteroatoms. The van der Waals surface area contributed by atoms with E-state index < -0.39 is 11.2 Å². The van der Waals surface area contributed by atoms with Gasteiger partial charge >= 0.3 is 5.69 Å². The number of fused-ring (bicyclic) bond motifs is 4. The lowest BCUT2D eigenvalue weighted by Crippen LogP contribution is -2.44. The lowest BCUT2D eigenvalue weighted by molar-refractivity contribution is -0.131. The van der Waals surface area contributed by atoms with Crippen molar-refractivity contribution in [2.75, 3.05) is 19.6 Å². The highest BCUT2D eigenvalue weighted by atomic mass is 16.2. The zero-order chi connectivity index (χ0) is 19.5. The van der Waals surface area contributed by atoms with Crippen molar-refractivity contribution in [1.29, 1.82) is 0 Å². The van der Waals surface area contributed by atoms with E-state index in [0.29, 0.717) is 12.0 Å². The van der Waals surface area contributed by atoms with Crippen LogP contribution in [0.5, 0.6) is 0 Å². The van der Waals surface area contributed by atoms with Crippen molar-refractivity contribution < 1.29 is 4.79 Å². The van der Waals surface area contributed by atoms with Gasteiger partial charge in [-0.25, -0.2) is 4.79 Å². The van der Waals surface area contributed by atoms with E-state index in [1.165, 1.54) is 28.8 Å². The number of hydrogen-bond acceptors (Lipinski definition) is 4. The van der Waals surface area contributed by atoms with E-state index in [1.54, 1.807) is 0 Å². The first-order valence-corrected chi connectivity index (χ1v) is 9.94. The third-order valence-electron chi connectivity index (χ3n) is 5.87. The largest absolute Gasteiger partial charge is 0.341 e. The molecule has 3 aliphatic heterocycles. The summed E-state index contributed by atoms with van der Waals surface area (Å²) in [6.07, 6.45) is 4.01. The predicted molar refractivity (Wildman–Crippen MR) is 106 cm³/mol. The van der Waals surface area contributed by atoms with Gasteiger partial charge in [-0.1, -0.05) is 30.3 Å². The molecule has 3 saturated heterocycles. The van der Waals surface area contributed by atoms with Crippen LogP contribution in [0.15, 0.2) is 52.2 Å². The summed E-state index contributed by atoms with van der Waals surface area (Å²) in [6.45, 7) is 3.79. The highest BCUT2D eigenvalue weighted by molar-refractivity contribution is 5.76. The average Bonchev–Trinajstić information content (AvgIpc) is 3.00. The minimum absolute atomic E-state index is 0.0801. The van der Waals surface area contributed by atoms with Gasteiger partial charge in [0.05, 0.1) is 0 Å². The molecular formula is C21H26N4O3. The maximum absolute atomic E-state index is 12.8. The molecule has 3 fully saturated rings. The van der Waals surface area contributed by atoms with Crippen LogP contribution in [0.1, 0.15) is 24.8 Å². The first kappa shape index (κ1) is 18.7. The van der Waals surface area contributed by atoms with Crippen LogP contribution in [0.25, 0.3) is 0 Å². The SMILES string of the molecule is O=C(CCn1ccc(=O)[nH]c1=O)N1C[C@H]2CC[C@@H](C1)N(Cc1ccccc1)C2. The summed E-state index contributed by atoms with van der Waals surface area (Å²) in [5.74, 6) is 0.582. The van der Waals surface area contributed by atoms with E-state index in [0.717, 1.165) is 32.6 Å². The number of piperidine rings is 1. The van der Waals surface area contributed by atoms with Gasteiger partial charge in [0, 0.05) is 57.4 Å². The number of aromatic amines is 1. The highest BCUT2D eigenvalue weighted by Crippen LogP contribution is 2.29. The second-order valence-corrected chi connectivity index (χ2v) is 7.86. The quantitative estimate of drug-likeness (QED) is 0.839. The number of nitrogens with one attached hydrogen (secondary N) is 1. The first-order chi connectivity index (χ1) is 13.6. The number of hydrogen-bond donors (Lipinski definition) is 1. The van der Waals surface area contributed by atoms with Gasteiger partial charge in [-0.2, -0.15) is 0 Å². The van der Waals surface area contributed by atoms with Crippen LogP contribution in [0.4, 0.5) is 0 Å². The number of H-pyrrole nitrogens is 1. The molecule has 5 rings (SSSR count). The molecular weight excluding hydrogens is 356 g/mol. The average molecular weight is 382 g/mol. The Labute approximate surface area is 163 Å². The fourth-order valence-corrected chi connectivity index (χ4v) is 4.39. The molecule has 7 nitrogen and oxygen atoms in total. The second kappa shape index (κ2) is 8.14. The molecule has 148 valence electrons. The van der Waals surface area contributed by atoms with Crippen molar-refractivity contribution in [3.05, 3.63) is 69.0 Å². The molecule has 28 heavy (non-hydrogen) atoms. The minimum atomic E-state index is -0.467. The minimum Gasteiger partial charge on any atom is -0.341 e. The summed E-state index contributed by atoms with van der Waals surface area (Å²) in [7, 11) is 0. The lowest BCUT2D eigenvalue weighted by atomic mass is 9.94. The number of aromatic nitrogens is 2. The predicted octanol–water partition coefficient (Wildman–Crippen LogP) is 1.05. The summed E-state index contributed by atoms with van der Waals surface area (Å²) in [5.41, 5.74) is 0.422. The van der Waals surface area contributed by atoms with Crippen LogP contribution in [-0.4, -0.2) is 50.9 Å². The molecule has 1 aromatic heterocycles. The van der Waals surface area contributed by atoms with Gasteiger partial charge in [0.25, 0.3) is 5.56 Å². The number of nitrogens with zero attached hydrogens (tertiary/aromatic N) is 3. The fraction of sp³-hybridized carbons (Fsp3) is 0.476. The molecule has 4 heterocycles. The smallest absolute Gasteiger partial charge is 0.328 e. The van der Waals surface area contributed by atoms with Crippen LogP contribution in [0, 0.1) is 5.92 Å². The Morgan fingerprint density at radius 2 is 1.86 bits per heavy atom. The van der Waals surface area contributed by atoms with E-state index in [-0.39, 0.29) is 18.9 Å². The second-order valence-electron chi connectivity index (χ2n) is 7.86. The van der Waals surface area contributed by atoms with Crippen molar-refractivity contribution >= 4 is 5.91 Å². The number of carbonyl (C=O) groups excluding carboxylic acids is 1. The van der Waals surface area contributed by atoms with Gasteiger partial charge in [-0.15, -0.1) is 0 Å². The zero-order valence-electron chi connectivity index (χ0n) is 15.9. The Morgan fingerprint density at radius 3 is 2.64 bits per heavy atom. The van der Waals surface area contributed by atoms with E-state index in [4.69, 9.17) is 0 Å². The Hall–Kier alpha value is -2.67. The van der Waals surface area contributed by atoms with E-state index in [2.05, 4.69) is 34.1 Å². The normalized spacial score (nSPS) is 22.2. The maximum atomic E-state index is 12.8. The number of rotatable bonds is 5. The van der Waals surface area contributed by atoms with Crippen LogP contribution < -0.4 is 11.2 Å². The summed E-state index contributed by atoms with van der Waals surface area (Å²) in [5, 5.41) is 0. The summed E-state index contributed by atoms with van der Waals surface area (Å²) < 4.78 is 1.38. The van der Waals surface area contributed by atoms with Crippen molar-refractivity contribution in [3.63, 3.8) is 0 Å². The van der Waals surface area contributed by atoms with Crippen LogP contribution in [0.2, 0.25) is 0 Å². The third-order valence-corrected chi connectivity index (χ3v) is 5.87. The van der Waals surface area contributed by atoms with E-state index in [1.807, 2.05) is 11.0 Å². The molecule has 0 saturated carbocycles. The molecule has 0 radical (unpaired) electrons. The molecule has 1 N–H and O–H groups in total. The molecule has 2 bridgehead atoms. The topological polar surface area (TPSA) is 78.4 Å². The molecule has 0 unspecified atom stereocenters. The van der Waals surface area contributed by atoms with Gasteiger partial charge in [-0.05, 0) is 24.3 Å². The lowest BCUT2D eigenvalue weighted by Gasteiger charge is -2.36. The molecule has 0 spiro atoms. The van der Waals surface area contributed by atoms with Crippen molar-refractivity contribution in [2.24, 2.45) is 5.92 Å². The van der Waals surface area contributed by atoms with Gasteiger partial charge in [0.15, 0.2) is 0 Å². The monoisotopic (exact) mass is 382 g/mol. The third kappa shape index (κ3) is 4.25. The Balaban J connectivity index is 1.39. The fourth-order valence-electron chi connectivity index (χ4n) is 4.39. The Morgan fingerprint density at radius 1 is 1.04 bits per heavy atom. The van der Waals surface area contributed by atoms with Crippen molar-refractivity contribution in [2.45, 2.75) is 38.4 Å². The molecule has 0 aliphatic carbocycles. The standard InChI is InChI=1S/C21H26N4O3/c26-19-8-10-23(21(28)22-19)11-9-20(27)25-14-17-6-7-18(15-25)24(13-17)12-16-4-2-1-3-5-16/h1-5,8,10,17-18H,6-7,9,11-15H2,(H,22,26,28)/t17-,18-/m0/s1. The maximum Gasteiger partial charge on any atom is 0.328 e. The molecule has 3 aliphatic rings. The summed E-state index contributed by atoms with van der Waals surface area (Å²) in [6, 6.07) is 12.2. The van der Waals surface area contributed by atoms with E-state index >= 15 is 0 Å². The Kier molecular flexibility index (Phi) is 5.43. The number of aryl methyl sites for hydroxylation is 1. The van der Waals surface area contributed by atoms with Crippen molar-refractivity contribution in [1.82, 2.24) is 19.4 Å². The van der Waals surface area contributed by atoms with Crippen molar-refractivity contribution in [3.8, 4) is 0 Å². The zero-order valence-corrected chi connectivity index (χ0v) is 15.9. The molecule has 2 atom stereocenters. The molecule has 1 amide bonds. The van der Waals surface area contributed by atoms with Gasteiger partial charge < -0.3 is 9.47 Å². The summed E-state index contributed by atoms with van der Waals surface area (Å²) in [4.78, 5) is 42.5. The van der Waals surface area contributed by atoms with E-state index in [9.17, 15) is 14.4 Å². The first-order valence-electron chi connectivity index (χ1n) is 9.94. The molecule has 1 aromatic carbocycles. The molecule has 2 aromatic rings. The van der Waals surface area contributed by atoms with Gasteiger partial charge in [-0.3, -0.25) is 19.5 Å². The number of benzene rings is 1. The summed E-state index contributed by atoms with van der Waals surface area (Å²) >= 11 is 0. The van der Waals surface area contributed by atoms with Gasteiger partial charge in [0.2, 0.25) is 5.91 Å². The van der Waals surface area contributed by atoms with Crippen LogP contribution in [0.3, 0.4) is 0 Å².